The Morgan fingerprint density at radius 2 is 1.64 bits per heavy atom. The van der Waals surface area contributed by atoms with E-state index in [0.717, 1.165) is 16.8 Å². The molecule has 1 aromatic heterocycles. The minimum atomic E-state index is -0.768. The summed E-state index contributed by atoms with van der Waals surface area (Å²) in [6, 6.07) is 19.6. The van der Waals surface area contributed by atoms with Crippen LogP contribution in [0.25, 0.3) is 0 Å². The van der Waals surface area contributed by atoms with Gasteiger partial charge >= 0.3 is 0 Å². The van der Waals surface area contributed by atoms with Crippen LogP contribution in [0.2, 0.25) is 0 Å². The number of aryl methyl sites for hydroxylation is 1. The minimum Gasteiger partial charge on any atom is -0.336 e. The van der Waals surface area contributed by atoms with Gasteiger partial charge in [-0.05, 0) is 35.6 Å². The van der Waals surface area contributed by atoms with Gasteiger partial charge in [0.05, 0.1) is 4.88 Å². The summed E-state index contributed by atoms with van der Waals surface area (Å²) in [7, 11) is 0. The number of benzene rings is 2. The summed E-state index contributed by atoms with van der Waals surface area (Å²) in [6.07, 6.45) is 0. The Kier molecular flexibility index (Phi) is 5.26. The van der Waals surface area contributed by atoms with Crippen LogP contribution in [0.5, 0.6) is 0 Å². The Morgan fingerprint density at radius 1 is 0.920 bits per heavy atom. The Morgan fingerprint density at radius 3 is 2.32 bits per heavy atom. The molecule has 4 nitrogen and oxygen atoms in total. The lowest BCUT2D eigenvalue weighted by Gasteiger charge is -2.19. The van der Waals surface area contributed by atoms with Crippen LogP contribution in [-0.2, 0) is 4.79 Å². The molecule has 0 radical (unpaired) electrons. The molecule has 0 unspecified atom stereocenters. The number of anilines is 1. The van der Waals surface area contributed by atoms with Gasteiger partial charge in [-0.3, -0.25) is 9.59 Å². The minimum absolute atomic E-state index is 0.260. The third-order valence-electron chi connectivity index (χ3n) is 3.82. The van der Waals surface area contributed by atoms with Crippen molar-refractivity contribution >= 4 is 28.8 Å². The standard InChI is InChI=1S/C20H18N2O2S/c1-14-8-5-6-11-16(14)21-20(24)18(15-9-3-2-4-10-15)22-19(23)17-12-7-13-25-17/h2-13,18H,1H3,(H,21,24)(H,22,23)/t18-/m0/s1. The molecule has 2 N–H and O–H groups in total. The van der Waals surface area contributed by atoms with Crippen LogP contribution >= 0.6 is 11.3 Å². The normalized spacial score (nSPS) is 11.6. The van der Waals surface area contributed by atoms with Crippen molar-refractivity contribution in [1.82, 2.24) is 5.32 Å². The molecule has 1 atom stereocenters. The van der Waals surface area contributed by atoms with Gasteiger partial charge in [0, 0.05) is 5.69 Å². The molecule has 0 aliphatic heterocycles. The van der Waals surface area contributed by atoms with Crippen molar-refractivity contribution in [3.05, 3.63) is 88.1 Å². The highest BCUT2D eigenvalue weighted by atomic mass is 32.1. The summed E-state index contributed by atoms with van der Waals surface area (Å²) in [5.41, 5.74) is 2.43. The van der Waals surface area contributed by atoms with Gasteiger partial charge < -0.3 is 10.6 Å². The number of carbonyl (C=O) groups is 2. The molecule has 1 heterocycles. The number of para-hydroxylation sites is 1. The van der Waals surface area contributed by atoms with E-state index in [-0.39, 0.29) is 11.8 Å². The molecule has 5 heteroatoms. The Balaban J connectivity index is 1.84. The first kappa shape index (κ1) is 16.9. The Bertz CT molecular complexity index is 860. The van der Waals surface area contributed by atoms with Crippen molar-refractivity contribution in [2.45, 2.75) is 13.0 Å². The van der Waals surface area contributed by atoms with E-state index in [0.29, 0.717) is 4.88 Å². The van der Waals surface area contributed by atoms with Crippen molar-refractivity contribution in [1.29, 1.82) is 0 Å². The molecular formula is C20H18N2O2S. The lowest BCUT2D eigenvalue weighted by Crippen LogP contribution is -2.36. The molecule has 0 saturated carbocycles. The predicted octanol–water partition coefficient (Wildman–Crippen LogP) is 4.17. The first-order valence-electron chi connectivity index (χ1n) is 7.91. The second kappa shape index (κ2) is 7.77. The second-order valence-electron chi connectivity index (χ2n) is 5.60. The molecule has 2 amide bonds. The zero-order chi connectivity index (χ0) is 17.6. The van der Waals surface area contributed by atoms with Crippen LogP contribution in [-0.4, -0.2) is 11.8 Å². The third-order valence-corrected chi connectivity index (χ3v) is 4.69. The number of hydrogen-bond acceptors (Lipinski definition) is 3. The van der Waals surface area contributed by atoms with Gasteiger partial charge in [-0.2, -0.15) is 0 Å². The highest BCUT2D eigenvalue weighted by molar-refractivity contribution is 7.12. The maximum absolute atomic E-state index is 12.8. The monoisotopic (exact) mass is 350 g/mol. The van der Waals surface area contributed by atoms with Gasteiger partial charge in [0.2, 0.25) is 0 Å². The van der Waals surface area contributed by atoms with Gasteiger partial charge in [-0.25, -0.2) is 0 Å². The molecule has 0 aliphatic rings. The van der Waals surface area contributed by atoms with Crippen LogP contribution in [0.15, 0.2) is 72.1 Å². The molecule has 0 aliphatic carbocycles. The average molecular weight is 350 g/mol. The maximum atomic E-state index is 12.8. The molecule has 25 heavy (non-hydrogen) atoms. The number of rotatable bonds is 5. The lowest BCUT2D eigenvalue weighted by molar-refractivity contribution is -0.118. The second-order valence-corrected chi connectivity index (χ2v) is 6.55. The molecule has 2 aromatic carbocycles. The van der Waals surface area contributed by atoms with E-state index in [1.54, 1.807) is 6.07 Å². The largest absolute Gasteiger partial charge is 0.336 e. The zero-order valence-electron chi connectivity index (χ0n) is 13.7. The Labute approximate surface area is 150 Å². The number of carbonyl (C=O) groups excluding carboxylic acids is 2. The molecule has 0 bridgehead atoms. The van der Waals surface area contributed by atoms with Crippen molar-refractivity contribution in [2.75, 3.05) is 5.32 Å². The van der Waals surface area contributed by atoms with E-state index < -0.39 is 6.04 Å². The smallest absolute Gasteiger partial charge is 0.262 e. The molecule has 3 aromatic rings. The average Bonchev–Trinajstić information content (AvgIpc) is 3.17. The van der Waals surface area contributed by atoms with Crippen LogP contribution in [0, 0.1) is 6.92 Å². The fourth-order valence-corrected chi connectivity index (χ4v) is 3.10. The lowest BCUT2D eigenvalue weighted by atomic mass is 10.1. The Hall–Kier alpha value is -2.92. The van der Waals surface area contributed by atoms with Gasteiger partial charge in [-0.15, -0.1) is 11.3 Å². The van der Waals surface area contributed by atoms with E-state index in [9.17, 15) is 9.59 Å². The van der Waals surface area contributed by atoms with E-state index in [4.69, 9.17) is 0 Å². The van der Waals surface area contributed by atoms with Crippen molar-refractivity contribution in [3.8, 4) is 0 Å². The van der Waals surface area contributed by atoms with Crippen LogP contribution in [0.3, 0.4) is 0 Å². The highest BCUT2D eigenvalue weighted by Crippen LogP contribution is 2.20. The molecule has 0 saturated heterocycles. The van der Waals surface area contributed by atoms with E-state index in [1.807, 2.05) is 73.0 Å². The van der Waals surface area contributed by atoms with E-state index >= 15 is 0 Å². The fourth-order valence-electron chi connectivity index (χ4n) is 2.47. The summed E-state index contributed by atoms with van der Waals surface area (Å²) in [5.74, 6) is -0.533. The highest BCUT2D eigenvalue weighted by Gasteiger charge is 2.24. The number of amides is 2. The van der Waals surface area contributed by atoms with Crippen molar-refractivity contribution < 1.29 is 9.59 Å². The molecule has 126 valence electrons. The predicted molar refractivity (Wildman–Crippen MR) is 101 cm³/mol. The third kappa shape index (κ3) is 4.14. The summed E-state index contributed by atoms with van der Waals surface area (Å²) >= 11 is 1.34. The van der Waals surface area contributed by atoms with Crippen molar-refractivity contribution in [3.63, 3.8) is 0 Å². The van der Waals surface area contributed by atoms with Gasteiger partial charge in [0.25, 0.3) is 11.8 Å². The zero-order valence-corrected chi connectivity index (χ0v) is 14.5. The number of thiophene rings is 1. The topological polar surface area (TPSA) is 58.2 Å². The fraction of sp³-hybridized carbons (Fsp3) is 0.100. The SMILES string of the molecule is Cc1ccccc1NC(=O)[C@@H](NC(=O)c1cccs1)c1ccccc1. The van der Waals surface area contributed by atoms with Gasteiger partial charge in [0.15, 0.2) is 0 Å². The van der Waals surface area contributed by atoms with Crippen LogP contribution in [0.4, 0.5) is 5.69 Å². The maximum Gasteiger partial charge on any atom is 0.262 e. The summed E-state index contributed by atoms with van der Waals surface area (Å²) < 4.78 is 0. The first-order chi connectivity index (χ1) is 12.1. The number of nitrogens with one attached hydrogen (secondary N) is 2. The van der Waals surface area contributed by atoms with Crippen LogP contribution in [0.1, 0.15) is 26.8 Å². The van der Waals surface area contributed by atoms with Gasteiger partial charge in [0.1, 0.15) is 6.04 Å². The first-order valence-corrected chi connectivity index (χ1v) is 8.79. The summed E-state index contributed by atoms with van der Waals surface area (Å²) in [4.78, 5) is 25.9. The van der Waals surface area contributed by atoms with E-state index in [1.165, 1.54) is 11.3 Å². The molecular weight excluding hydrogens is 332 g/mol. The number of hydrogen-bond donors (Lipinski definition) is 2. The van der Waals surface area contributed by atoms with E-state index in [2.05, 4.69) is 10.6 Å². The molecule has 0 spiro atoms. The van der Waals surface area contributed by atoms with Crippen LogP contribution < -0.4 is 10.6 Å². The van der Waals surface area contributed by atoms with Gasteiger partial charge in [-0.1, -0.05) is 54.6 Å². The van der Waals surface area contributed by atoms with Crippen molar-refractivity contribution in [2.24, 2.45) is 0 Å². The quantitative estimate of drug-likeness (QED) is 0.726. The summed E-state index contributed by atoms with van der Waals surface area (Å²) in [5, 5.41) is 7.58. The molecule has 0 fully saturated rings. The molecule has 3 rings (SSSR count). The summed E-state index contributed by atoms with van der Waals surface area (Å²) in [6.45, 7) is 1.93.